The molecule has 0 bridgehead atoms. The van der Waals surface area contributed by atoms with E-state index in [2.05, 4.69) is 0 Å². The van der Waals surface area contributed by atoms with Crippen LogP contribution in [0.15, 0.2) is 18.2 Å². The number of rotatable bonds is 4. The molecular weight excluding hydrogens is 196 g/mol. The highest BCUT2D eigenvalue weighted by Gasteiger charge is 2.08. The molecule has 1 atom stereocenters. The van der Waals surface area contributed by atoms with Crippen molar-refractivity contribution in [2.24, 2.45) is 0 Å². The Morgan fingerprint density at radius 3 is 2.27 bits per heavy atom. The number of aliphatic hydroxyl groups excluding tert-OH is 1. The number of carbonyl (C=O) groups is 1. The van der Waals surface area contributed by atoms with Crippen molar-refractivity contribution in [1.82, 2.24) is 0 Å². The number of aliphatic hydroxyl groups is 1. The van der Waals surface area contributed by atoms with Gasteiger partial charge in [-0.1, -0.05) is 0 Å². The van der Waals surface area contributed by atoms with Gasteiger partial charge in [-0.2, -0.15) is 0 Å². The lowest BCUT2D eigenvalue weighted by Crippen LogP contribution is -2.11. The second kappa shape index (κ2) is 4.79. The molecule has 15 heavy (non-hydrogen) atoms. The maximum Gasteiger partial charge on any atom is 0.139 e. The van der Waals surface area contributed by atoms with Crippen molar-refractivity contribution in [2.45, 2.75) is 25.9 Å². The predicted octanol–water partition coefficient (Wildman–Crippen LogP) is 0.980. The summed E-state index contributed by atoms with van der Waals surface area (Å²) in [5, 5.41) is 27.3. The Hall–Kier alpha value is -1.55. The summed E-state index contributed by atoms with van der Waals surface area (Å²) in [6.45, 7) is 1.54. The molecule has 0 aliphatic carbocycles. The van der Waals surface area contributed by atoms with Crippen molar-refractivity contribution >= 4 is 5.78 Å². The van der Waals surface area contributed by atoms with Gasteiger partial charge >= 0.3 is 0 Å². The van der Waals surface area contributed by atoms with Gasteiger partial charge in [0.1, 0.15) is 17.3 Å². The van der Waals surface area contributed by atoms with Crippen molar-refractivity contribution < 1.29 is 20.1 Å². The second-order valence-electron chi connectivity index (χ2n) is 3.63. The van der Waals surface area contributed by atoms with E-state index in [-0.39, 0.29) is 30.1 Å². The van der Waals surface area contributed by atoms with Crippen LogP contribution in [0.3, 0.4) is 0 Å². The fourth-order valence-corrected chi connectivity index (χ4v) is 1.39. The zero-order valence-corrected chi connectivity index (χ0v) is 8.47. The highest BCUT2D eigenvalue weighted by Crippen LogP contribution is 2.21. The molecule has 1 rings (SSSR count). The Morgan fingerprint density at radius 2 is 1.80 bits per heavy atom. The summed E-state index contributed by atoms with van der Waals surface area (Å²) in [4.78, 5) is 11.3. The van der Waals surface area contributed by atoms with E-state index in [9.17, 15) is 4.79 Å². The molecule has 1 aromatic rings. The Labute approximate surface area is 87.8 Å². The first-order chi connectivity index (χ1) is 6.97. The van der Waals surface area contributed by atoms with Crippen LogP contribution in [0, 0.1) is 0 Å². The van der Waals surface area contributed by atoms with Crippen LogP contribution in [0.4, 0.5) is 0 Å². The summed E-state index contributed by atoms with van der Waals surface area (Å²) in [7, 11) is 0. The highest BCUT2D eigenvalue weighted by atomic mass is 16.3. The Morgan fingerprint density at radius 1 is 1.27 bits per heavy atom. The molecule has 0 amide bonds. The van der Waals surface area contributed by atoms with E-state index >= 15 is 0 Å². The van der Waals surface area contributed by atoms with Crippen LogP contribution >= 0.6 is 0 Å². The molecule has 0 unspecified atom stereocenters. The third-order valence-electron chi connectivity index (χ3n) is 1.89. The van der Waals surface area contributed by atoms with Gasteiger partial charge in [0.25, 0.3) is 0 Å². The summed E-state index contributed by atoms with van der Waals surface area (Å²) >= 11 is 0. The molecule has 4 nitrogen and oxygen atoms in total. The highest BCUT2D eigenvalue weighted by molar-refractivity contribution is 5.81. The minimum absolute atomic E-state index is 0.0742. The topological polar surface area (TPSA) is 77.8 Å². The molecule has 0 aliphatic heterocycles. The molecule has 0 saturated carbocycles. The van der Waals surface area contributed by atoms with E-state index in [4.69, 9.17) is 15.3 Å². The summed E-state index contributed by atoms with van der Waals surface area (Å²) < 4.78 is 0. The van der Waals surface area contributed by atoms with E-state index in [1.54, 1.807) is 0 Å². The van der Waals surface area contributed by atoms with Crippen molar-refractivity contribution in [2.75, 3.05) is 0 Å². The molecule has 0 saturated heterocycles. The third kappa shape index (κ3) is 3.99. The lowest BCUT2D eigenvalue weighted by molar-refractivity contribution is -0.120. The monoisotopic (exact) mass is 210 g/mol. The fraction of sp³-hybridized carbons (Fsp3) is 0.364. The molecule has 0 heterocycles. The molecule has 0 radical (unpaired) electrons. The van der Waals surface area contributed by atoms with E-state index in [1.807, 2.05) is 0 Å². The lowest BCUT2D eigenvalue weighted by atomic mass is 10.0. The van der Waals surface area contributed by atoms with Gasteiger partial charge in [0, 0.05) is 18.9 Å². The lowest BCUT2D eigenvalue weighted by Gasteiger charge is -2.04. The minimum atomic E-state index is -0.664. The van der Waals surface area contributed by atoms with Crippen LogP contribution in [-0.2, 0) is 11.2 Å². The number of hydrogen-bond acceptors (Lipinski definition) is 4. The number of hydrogen-bond donors (Lipinski definition) is 3. The van der Waals surface area contributed by atoms with E-state index in [0.717, 1.165) is 0 Å². The molecule has 82 valence electrons. The van der Waals surface area contributed by atoms with Crippen LogP contribution in [-0.4, -0.2) is 27.2 Å². The molecule has 0 aliphatic rings. The Balaban J connectivity index is 2.68. The van der Waals surface area contributed by atoms with Crippen LogP contribution in [0.5, 0.6) is 11.5 Å². The number of phenols is 2. The second-order valence-corrected chi connectivity index (χ2v) is 3.63. The van der Waals surface area contributed by atoms with Gasteiger partial charge in [0.05, 0.1) is 6.10 Å². The first-order valence-electron chi connectivity index (χ1n) is 4.69. The van der Waals surface area contributed by atoms with Crippen LogP contribution in [0.25, 0.3) is 0 Å². The van der Waals surface area contributed by atoms with Crippen LogP contribution in [0.1, 0.15) is 18.9 Å². The maximum atomic E-state index is 11.3. The van der Waals surface area contributed by atoms with E-state index in [0.29, 0.717) is 5.56 Å². The van der Waals surface area contributed by atoms with Crippen LogP contribution in [0.2, 0.25) is 0 Å². The van der Waals surface area contributed by atoms with Gasteiger partial charge in [-0.15, -0.1) is 0 Å². The largest absolute Gasteiger partial charge is 0.508 e. The minimum Gasteiger partial charge on any atom is -0.508 e. The molecule has 0 aromatic heterocycles. The average Bonchev–Trinajstić information content (AvgIpc) is 1.98. The smallest absolute Gasteiger partial charge is 0.139 e. The summed E-state index contributed by atoms with van der Waals surface area (Å²) in [5.41, 5.74) is 0.540. The number of benzene rings is 1. The van der Waals surface area contributed by atoms with Crippen molar-refractivity contribution in [3.63, 3.8) is 0 Å². The molecule has 3 N–H and O–H groups in total. The molecule has 1 aromatic carbocycles. The van der Waals surface area contributed by atoms with E-state index in [1.165, 1.54) is 25.1 Å². The zero-order chi connectivity index (χ0) is 11.4. The first-order valence-corrected chi connectivity index (χ1v) is 4.69. The summed E-state index contributed by atoms with van der Waals surface area (Å²) in [5.74, 6) is -0.278. The van der Waals surface area contributed by atoms with E-state index < -0.39 is 6.10 Å². The summed E-state index contributed by atoms with van der Waals surface area (Å²) in [6.07, 6.45) is -0.480. The van der Waals surface area contributed by atoms with Gasteiger partial charge in [-0.3, -0.25) is 4.79 Å². The van der Waals surface area contributed by atoms with Gasteiger partial charge < -0.3 is 15.3 Å². The standard InChI is InChI=1S/C11H14O4/c1-7(12)2-9(13)3-8-4-10(14)6-11(15)5-8/h4-7,12,14-15H,2-3H2,1H3/t7-/m0/s1. The molecule has 0 spiro atoms. The predicted molar refractivity (Wildman–Crippen MR) is 54.8 cm³/mol. The SMILES string of the molecule is C[C@H](O)CC(=O)Cc1cc(O)cc(O)c1. The van der Waals surface area contributed by atoms with Gasteiger partial charge in [-0.05, 0) is 24.6 Å². The van der Waals surface area contributed by atoms with Gasteiger partial charge in [-0.25, -0.2) is 0 Å². The zero-order valence-electron chi connectivity index (χ0n) is 8.47. The maximum absolute atomic E-state index is 11.3. The normalized spacial score (nSPS) is 12.4. The quantitative estimate of drug-likeness (QED) is 0.692. The van der Waals surface area contributed by atoms with Gasteiger partial charge in [0.2, 0.25) is 0 Å². The van der Waals surface area contributed by atoms with Crippen molar-refractivity contribution in [3.8, 4) is 11.5 Å². The van der Waals surface area contributed by atoms with Gasteiger partial charge in [0.15, 0.2) is 0 Å². The molecule has 0 fully saturated rings. The van der Waals surface area contributed by atoms with Crippen LogP contribution < -0.4 is 0 Å². The molecule has 4 heteroatoms. The van der Waals surface area contributed by atoms with Crippen molar-refractivity contribution in [1.29, 1.82) is 0 Å². The number of Topliss-reactive ketones (excluding diaryl/α,β-unsaturated/α-hetero) is 1. The Bertz CT molecular complexity index is 337. The summed E-state index contributed by atoms with van der Waals surface area (Å²) in [6, 6.07) is 4.03. The van der Waals surface area contributed by atoms with Crippen molar-refractivity contribution in [3.05, 3.63) is 23.8 Å². The third-order valence-corrected chi connectivity index (χ3v) is 1.89. The number of carbonyl (C=O) groups excluding carboxylic acids is 1. The number of aromatic hydroxyl groups is 2. The average molecular weight is 210 g/mol. The Kier molecular flexibility index (Phi) is 3.68. The fourth-order valence-electron chi connectivity index (χ4n) is 1.39. The molecular formula is C11H14O4. The number of ketones is 1. The number of phenolic OH excluding ortho intramolecular Hbond substituents is 2. The first kappa shape index (κ1) is 11.5.